The fraction of sp³-hybridized carbons (Fsp3) is 0.273. The van der Waals surface area contributed by atoms with Gasteiger partial charge in [0.2, 0.25) is 5.91 Å². The van der Waals surface area contributed by atoms with Gasteiger partial charge < -0.3 is 9.88 Å². The van der Waals surface area contributed by atoms with Crippen molar-refractivity contribution in [2.45, 2.75) is 38.9 Å². The van der Waals surface area contributed by atoms with E-state index in [1.165, 1.54) is 22.0 Å². The van der Waals surface area contributed by atoms with Gasteiger partial charge in [-0.25, -0.2) is 4.98 Å². The summed E-state index contributed by atoms with van der Waals surface area (Å²) < 4.78 is 3.22. The van der Waals surface area contributed by atoms with Gasteiger partial charge in [0, 0.05) is 17.3 Å². The highest BCUT2D eigenvalue weighted by molar-refractivity contribution is 7.99. The molecule has 1 N–H and O–H groups in total. The summed E-state index contributed by atoms with van der Waals surface area (Å²) in [6, 6.07) is 14.4. The average Bonchev–Trinajstić information content (AvgIpc) is 3.29. The minimum atomic E-state index is -0.0702. The number of nitrogens with one attached hydrogen (secondary N) is 1. The standard InChI is InChI=1S/C22H23N5OS2/c1-13(2)27-15(4)25-26-22(27)29-12-20(28)23-17-8-6-16(7-9-17)21-24-18-10-5-14(3)11-19(18)30-21/h5-11,13H,12H2,1-4H3,(H,23,28). The van der Waals surface area contributed by atoms with Crippen LogP contribution in [0.2, 0.25) is 0 Å². The molecule has 1 amide bonds. The molecule has 0 saturated carbocycles. The lowest BCUT2D eigenvalue weighted by molar-refractivity contribution is -0.113. The summed E-state index contributed by atoms with van der Waals surface area (Å²) in [5.41, 5.74) is 4.06. The van der Waals surface area contributed by atoms with E-state index in [2.05, 4.69) is 54.5 Å². The van der Waals surface area contributed by atoms with Crippen molar-refractivity contribution in [2.75, 3.05) is 11.1 Å². The monoisotopic (exact) mass is 437 g/mol. The molecule has 4 aromatic rings. The van der Waals surface area contributed by atoms with Gasteiger partial charge in [-0.2, -0.15) is 0 Å². The molecule has 6 nitrogen and oxygen atoms in total. The van der Waals surface area contributed by atoms with Crippen LogP contribution in [0.3, 0.4) is 0 Å². The van der Waals surface area contributed by atoms with Crippen LogP contribution in [-0.4, -0.2) is 31.4 Å². The number of benzene rings is 2. The molecule has 0 radical (unpaired) electrons. The summed E-state index contributed by atoms with van der Waals surface area (Å²) in [7, 11) is 0. The molecular formula is C22H23N5OS2. The molecule has 8 heteroatoms. The Balaban J connectivity index is 1.40. The molecule has 30 heavy (non-hydrogen) atoms. The minimum Gasteiger partial charge on any atom is -0.325 e. The van der Waals surface area contributed by atoms with Crippen LogP contribution in [0.5, 0.6) is 0 Å². The van der Waals surface area contributed by atoms with E-state index in [1.807, 2.05) is 35.8 Å². The van der Waals surface area contributed by atoms with Gasteiger partial charge in [0.25, 0.3) is 0 Å². The van der Waals surface area contributed by atoms with E-state index in [1.54, 1.807) is 11.3 Å². The SMILES string of the molecule is Cc1ccc2nc(-c3ccc(NC(=O)CSc4nnc(C)n4C(C)C)cc3)sc2c1. The number of rotatable bonds is 6. The van der Waals surface area contributed by atoms with Crippen LogP contribution in [0.15, 0.2) is 47.6 Å². The smallest absolute Gasteiger partial charge is 0.234 e. The molecule has 0 aliphatic heterocycles. The summed E-state index contributed by atoms with van der Waals surface area (Å²) in [6.07, 6.45) is 0. The van der Waals surface area contributed by atoms with E-state index in [9.17, 15) is 4.79 Å². The molecule has 0 unspecified atom stereocenters. The van der Waals surface area contributed by atoms with Crippen molar-refractivity contribution < 1.29 is 4.79 Å². The number of thiazole rings is 1. The molecule has 154 valence electrons. The summed E-state index contributed by atoms with van der Waals surface area (Å²) in [5.74, 6) is 1.07. The molecule has 4 rings (SSSR count). The Hall–Kier alpha value is -2.71. The fourth-order valence-electron chi connectivity index (χ4n) is 3.22. The lowest BCUT2D eigenvalue weighted by Crippen LogP contribution is -2.15. The molecule has 0 aliphatic rings. The predicted octanol–water partition coefficient (Wildman–Crippen LogP) is 5.48. The van der Waals surface area contributed by atoms with Crippen molar-refractivity contribution in [3.8, 4) is 10.6 Å². The normalized spacial score (nSPS) is 11.4. The second-order valence-electron chi connectivity index (χ2n) is 7.40. The van der Waals surface area contributed by atoms with Crippen LogP contribution in [0.1, 0.15) is 31.3 Å². The Bertz CT molecular complexity index is 1190. The number of hydrogen-bond acceptors (Lipinski definition) is 6. The number of carbonyl (C=O) groups is 1. The second kappa shape index (κ2) is 8.57. The molecule has 2 aromatic heterocycles. The molecule has 2 heterocycles. The quantitative estimate of drug-likeness (QED) is 0.404. The molecule has 2 aromatic carbocycles. The van der Waals surface area contributed by atoms with Gasteiger partial charge in [-0.05, 0) is 69.7 Å². The Morgan fingerprint density at radius 1 is 1.13 bits per heavy atom. The molecule has 0 atom stereocenters. The van der Waals surface area contributed by atoms with Crippen molar-refractivity contribution in [1.82, 2.24) is 19.7 Å². The van der Waals surface area contributed by atoms with Gasteiger partial charge in [-0.1, -0.05) is 17.8 Å². The minimum absolute atomic E-state index is 0.0702. The summed E-state index contributed by atoms with van der Waals surface area (Å²) in [6.45, 7) is 8.16. The maximum absolute atomic E-state index is 12.4. The lowest BCUT2D eigenvalue weighted by Gasteiger charge is -2.11. The zero-order valence-corrected chi connectivity index (χ0v) is 19.0. The number of hydrogen-bond donors (Lipinski definition) is 1. The zero-order valence-electron chi connectivity index (χ0n) is 17.3. The zero-order chi connectivity index (χ0) is 21.3. The maximum atomic E-state index is 12.4. The third-order valence-electron chi connectivity index (χ3n) is 4.64. The van der Waals surface area contributed by atoms with Crippen LogP contribution >= 0.6 is 23.1 Å². The van der Waals surface area contributed by atoms with Gasteiger partial charge >= 0.3 is 0 Å². The van der Waals surface area contributed by atoms with E-state index in [-0.39, 0.29) is 17.7 Å². The topological polar surface area (TPSA) is 72.7 Å². The Morgan fingerprint density at radius 3 is 2.63 bits per heavy atom. The van der Waals surface area contributed by atoms with Gasteiger partial charge in [-0.3, -0.25) is 4.79 Å². The van der Waals surface area contributed by atoms with Crippen molar-refractivity contribution >= 4 is 44.9 Å². The molecular weight excluding hydrogens is 414 g/mol. The Kier molecular flexibility index (Phi) is 5.87. The number of aromatic nitrogens is 4. The molecule has 0 saturated heterocycles. The van der Waals surface area contributed by atoms with Gasteiger partial charge in [0.05, 0.1) is 16.0 Å². The third-order valence-corrected chi connectivity index (χ3v) is 6.65. The highest BCUT2D eigenvalue weighted by atomic mass is 32.2. The van der Waals surface area contributed by atoms with Gasteiger partial charge in [0.1, 0.15) is 10.8 Å². The molecule has 0 fully saturated rings. The van der Waals surface area contributed by atoms with Crippen LogP contribution < -0.4 is 5.32 Å². The number of aryl methyl sites for hydroxylation is 2. The number of fused-ring (bicyclic) bond motifs is 1. The van der Waals surface area contributed by atoms with E-state index >= 15 is 0 Å². The Labute approximate surface area is 183 Å². The predicted molar refractivity (Wildman–Crippen MR) is 124 cm³/mol. The van der Waals surface area contributed by atoms with E-state index in [0.29, 0.717) is 0 Å². The van der Waals surface area contributed by atoms with Crippen molar-refractivity contribution in [3.63, 3.8) is 0 Å². The van der Waals surface area contributed by atoms with Crippen molar-refractivity contribution in [2.24, 2.45) is 0 Å². The van der Waals surface area contributed by atoms with Crippen LogP contribution in [-0.2, 0) is 4.79 Å². The number of nitrogens with zero attached hydrogens (tertiary/aromatic N) is 4. The highest BCUT2D eigenvalue weighted by Crippen LogP contribution is 2.31. The third kappa shape index (κ3) is 4.39. The first-order chi connectivity index (χ1) is 14.4. The van der Waals surface area contributed by atoms with E-state index in [0.717, 1.165) is 32.8 Å². The highest BCUT2D eigenvalue weighted by Gasteiger charge is 2.14. The number of thioether (sulfide) groups is 1. The summed E-state index contributed by atoms with van der Waals surface area (Å²) in [4.78, 5) is 17.1. The van der Waals surface area contributed by atoms with Crippen molar-refractivity contribution in [1.29, 1.82) is 0 Å². The largest absolute Gasteiger partial charge is 0.325 e. The summed E-state index contributed by atoms with van der Waals surface area (Å²) >= 11 is 3.07. The van der Waals surface area contributed by atoms with Crippen LogP contribution in [0, 0.1) is 13.8 Å². The first-order valence-electron chi connectivity index (χ1n) is 9.72. The fourth-order valence-corrected chi connectivity index (χ4v) is 5.20. The average molecular weight is 438 g/mol. The number of anilines is 1. The van der Waals surface area contributed by atoms with E-state index < -0.39 is 0 Å². The number of amides is 1. The van der Waals surface area contributed by atoms with Crippen LogP contribution in [0.4, 0.5) is 5.69 Å². The first kappa shape index (κ1) is 20.6. The first-order valence-corrected chi connectivity index (χ1v) is 11.5. The molecule has 0 spiro atoms. The Morgan fingerprint density at radius 2 is 1.90 bits per heavy atom. The van der Waals surface area contributed by atoms with Crippen molar-refractivity contribution in [3.05, 3.63) is 53.9 Å². The summed E-state index contributed by atoms with van der Waals surface area (Å²) in [5, 5.41) is 13.0. The number of carbonyl (C=O) groups excluding carboxylic acids is 1. The maximum Gasteiger partial charge on any atom is 0.234 e. The van der Waals surface area contributed by atoms with E-state index in [4.69, 9.17) is 4.98 Å². The van der Waals surface area contributed by atoms with Crippen LogP contribution in [0.25, 0.3) is 20.8 Å². The molecule has 0 aliphatic carbocycles. The van der Waals surface area contributed by atoms with Gasteiger partial charge in [-0.15, -0.1) is 21.5 Å². The molecule has 0 bridgehead atoms. The second-order valence-corrected chi connectivity index (χ2v) is 9.37. The lowest BCUT2D eigenvalue weighted by atomic mass is 10.2. The van der Waals surface area contributed by atoms with Gasteiger partial charge in [0.15, 0.2) is 5.16 Å².